The molecule has 3 unspecified atom stereocenters. The van der Waals surface area contributed by atoms with Gasteiger partial charge in [0.1, 0.15) is 0 Å². The van der Waals surface area contributed by atoms with Gasteiger partial charge in [-0.1, -0.05) is 5.21 Å². The molecule has 3 heterocycles. The summed E-state index contributed by atoms with van der Waals surface area (Å²) in [6.45, 7) is 2.05. The summed E-state index contributed by atoms with van der Waals surface area (Å²) < 4.78 is 1.61. The van der Waals surface area contributed by atoms with E-state index in [4.69, 9.17) is 0 Å². The smallest absolute Gasteiger partial charge is 0.330 e. The number of aromatic nitrogens is 3. The lowest BCUT2D eigenvalue weighted by Gasteiger charge is -2.42. The fraction of sp³-hybridized carbons (Fsp3) is 0.600. The molecule has 96 valence electrons. The van der Waals surface area contributed by atoms with Gasteiger partial charge in [-0.25, -0.2) is 4.79 Å². The molecule has 2 saturated heterocycles. The first kappa shape index (κ1) is 11.5. The second kappa shape index (κ2) is 3.71. The number of carbonyl (C=O) groups is 2. The van der Waals surface area contributed by atoms with Crippen molar-refractivity contribution in [1.29, 1.82) is 0 Å². The Labute approximate surface area is 107 Å². The van der Waals surface area contributed by atoms with Crippen LogP contribution < -0.4 is 0 Å². The zero-order valence-corrected chi connectivity index (χ0v) is 10.5. The Morgan fingerprint density at radius 1 is 1.72 bits per heavy atom. The molecule has 2 fully saturated rings. The Hall–Kier alpha value is -1.57. The second-order valence-electron chi connectivity index (χ2n) is 4.63. The summed E-state index contributed by atoms with van der Waals surface area (Å²) in [7, 11) is 0. The molecule has 2 aliphatic rings. The number of aliphatic carboxylic acids is 1. The second-order valence-corrected chi connectivity index (χ2v) is 6.01. The van der Waals surface area contributed by atoms with Crippen molar-refractivity contribution >= 4 is 23.6 Å². The number of fused-ring (bicyclic) bond motifs is 1. The van der Waals surface area contributed by atoms with Crippen LogP contribution in [-0.4, -0.2) is 53.0 Å². The number of β-lactam (4-membered cyclic amide) rings is 1. The zero-order chi connectivity index (χ0) is 12.9. The van der Waals surface area contributed by atoms with Gasteiger partial charge in [0.2, 0.25) is 5.91 Å². The van der Waals surface area contributed by atoms with Crippen molar-refractivity contribution in [3.05, 3.63) is 12.4 Å². The molecule has 0 radical (unpaired) electrons. The molecule has 0 bridgehead atoms. The predicted molar refractivity (Wildman–Crippen MR) is 62.7 cm³/mol. The molecule has 8 heteroatoms. The highest BCUT2D eigenvalue weighted by molar-refractivity contribution is 8.01. The van der Waals surface area contributed by atoms with Gasteiger partial charge in [0.15, 0.2) is 5.54 Å². The van der Waals surface area contributed by atoms with Gasteiger partial charge >= 0.3 is 5.97 Å². The minimum absolute atomic E-state index is 0.00729. The number of thioether (sulfide) groups is 1. The molecular formula is C10H12N4O3S. The third kappa shape index (κ3) is 1.38. The number of amides is 1. The summed E-state index contributed by atoms with van der Waals surface area (Å²) in [6, 6.07) is 0. The van der Waals surface area contributed by atoms with E-state index in [0.717, 1.165) is 0 Å². The summed E-state index contributed by atoms with van der Waals surface area (Å²) in [6.07, 6.45) is 3.68. The SMILES string of the molecule is CC1(C(=O)O)C(Cn2ccnn2)SC2CC(=O)N21. The van der Waals surface area contributed by atoms with Crippen LogP contribution in [0.15, 0.2) is 12.4 Å². The standard InChI is InChI=1S/C10H12N4O3S/c1-10(9(16)17)6(5-13-3-2-11-12-13)18-8-4-7(15)14(8)10/h2-3,6,8H,4-5H2,1H3,(H,16,17). The maximum absolute atomic E-state index is 11.6. The van der Waals surface area contributed by atoms with Crippen LogP contribution in [0.1, 0.15) is 13.3 Å². The molecule has 1 N–H and O–H groups in total. The van der Waals surface area contributed by atoms with Gasteiger partial charge in [0.05, 0.1) is 29.8 Å². The minimum Gasteiger partial charge on any atom is -0.479 e. The fourth-order valence-corrected chi connectivity index (χ4v) is 4.29. The van der Waals surface area contributed by atoms with Gasteiger partial charge in [0, 0.05) is 6.20 Å². The molecule has 3 atom stereocenters. The van der Waals surface area contributed by atoms with Crippen LogP contribution in [0.5, 0.6) is 0 Å². The first-order chi connectivity index (χ1) is 8.53. The van der Waals surface area contributed by atoms with E-state index in [2.05, 4.69) is 10.3 Å². The molecule has 0 spiro atoms. The van der Waals surface area contributed by atoms with E-state index < -0.39 is 11.5 Å². The largest absolute Gasteiger partial charge is 0.479 e. The molecule has 1 aromatic rings. The zero-order valence-electron chi connectivity index (χ0n) is 9.68. The molecule has 18 heavy (non-hydrogen) atoms. The highest BCUT2D eigenvalue weighted by Crippen LogP contribution is 2.50. The van der Waals surface area contributed by atoms with E-state index in [0.29, 0.717) is 13.0 Å². The van der Waals surface area contributed by atoms with Crippen LogP contribution in [0.3, 0.4) is 0 Å². The quantitative estimate of drug-likeness (QED) is 0.763. The van der Waals surface area contributed by atoms with E-state index in [1.165, 1.54) is 16.7 Å². The van der Waals surface area contributed by atoms with Crippen molar-refractivity contribution in [1.82, 2.24) is 19.9 Å². The van der Waals surface area contributed by atoms with E-state index in [1.54, 1.807) is 24.0 Å². The average molecular weight is 268 g/mol. The van der Waals surface area contributed by atoms with Crippen LogP contribution >= 0.6 is 11.8 Å². The maximum Gasteiger partial charge on any atom is 0.330 e. The minimum atomic E-state index is -1.16. The monoisotopic (exact) mass is 268 g/mol. The Morgan fingerprint density at radius 2 is 2.50 bits per heavy atom. The van der Waals surface area contributed by atoms with Crippen molar-refractivity contribution in [2.75, 3.05) is 0 Å². The van der Waals surface area contributed by atoms with E-state index in [-0.39, 0.29) is 16.5 Å². The molecule has 0 saturated carbocycles. The molecule has 0 aromatic carbocycles. The molecule has 7 nitrogen and oxygen atoms in total. The first-order valence-electron chi connectivity index (χ1n) is 5.58. The lowest BCUT2D eigenvalue weighted by Crippen LogP contribution is -2.63. The summed E-state index contributed by atoms with van der Waals surface area (Å²) in [5, 5.41) is 16.8. The Morgan fingerprint density at radius 3 is 3.06 bits per heavy atom. The van der Waals surface area contributed by atoms with Crippen LogP contribution in [0.4, 0.5) is 0 Å². The van der Waals surface area contributed by atoms with E-state index in [1.807, 2.05) is 0 Å². The summed E-state index contributed by atoms with van der Waals surface area (Å²) >= 11 is 1.53. The van der Waals surface area contributed by atoms with Gasteiger partial charge in [-0.2, -0.15) is 0 Å². The highest BCUT2D eigenvalue weighted by Gasteiger charge is 2.62. The number of hydrogen-bond acceptors (Lipinski definition) is 5. The summed E-state index contributed by atoms with van der Waals surface area (Å²) in [5.41, 5.74) is -1.16. The van der Waals surface area contributed by atoms with Gasteiger partial charge in [0.25, 0.3) is 0 Å². The number of rotatable bonds is 3. The lowest BCUT2D eigenvalue weighted by molar-refractivity contribution is -0.165. The number of hydrogen-bond donors (Lipinski definition) is 1. The number of carbonyl (C=O) groups excluding carboxylic acids is 1. The molecule has 3 rings (SSSR count). The van der Waals surface area contributed by atoms with Crippen molar-refractivity contribution < 1.29 is 14.7 Å². The lowest BCUT2D eigenvalue weighted by atomic mass is 9.91. The van der Waals surface area contributed by atoms with Crippen molar-refractivity contribution in [3.63, 3.8) is 0 Å². The average Bonchev–Trinajstić information content (AvgIpc) is 2.85. The molecule has 1 amide bonds. The van der Waals surface area contributed by atoms with Crippen molar-refractivity contribution in [3.8, 4) is 0 Å². The van der Waals surface area contributed by atoms with Crippen LogP contribution in [0.25, 0.3) is 0 Å². The van der Waals surface area contributed by atoms with Gasteiger partial charge in [-0.3, -0.25) is 9.48 Å². The summed E-state index contributed by atoms with van der Waals surface area (Å²) in [4.78, 5) is 24.6. The Balaban J connectivity index is 1.89. The van der Waals surface area contributed by atoms with Gasteiger partial charge in [-0.05, 0) is 6.92 Å². The van der Waals surface area contributed by atoms with Crippen LogP contribution in [0, 0.1) is 0 Å². The van der Waals surface area contributed by atoms with Crippen molar-refractivity contribution in [2.45, 2.75) is 36.1 Å². The molecule has 1 aromatic heterocycles. The number of carboxylic acid groups (broad SMARTS) is 1. The fourth-order valence-electron chi connectivity index (χ4n) is 2.49. The highest BCUT2D eigenvalue weighted by atomic mass is 32.2. The normalized spacial score (nSPS) is 34.3. The third-order valence-corrected chi connectivity index (χ3v) is 5.24. The van der Waals surface area contributed by atoms with Crippen LogP contribution in [0.2, 0.25) is 0 Å². The van der Waals surface area contributed by atoms with Gasteiger partial charge < -0.3 is 10.0 Å². The summed E-state index contributed by atoms with van der Waals surface area (Å²) in [5.74, 6) is -1.05. The number of nitrogens with zero attached hydrogens (tertiary/aromatic N) is 4. The van der Waals surface area contributed by atoms with Gasteiger partial charge in [-0.15, -0.1) is 16.9 Å². The maximum atomic E-state index is 11.6. The molecular weight excluding hydrogens is 256 g/mol. The number of carboxylic acids is 1. The first-order valence-corrected chi connectivity index (χ1v) is 6.53. The molecule has 2 aliphatic heterocycles. The van der Waals surface area contributed by atoms with E-state index >= 15 is 0 Å². The Kier molecular flexibility index (Phi) is 2.37. The predicted octanol–water partition coefficient (Wildman–Crippen LogP) is -0.205. The topological polar surface area (TPSA) is 88.3 Å². The van der Waals surface area contributed by atoms with Crippen LogP contribution in [-0.2, 0) is 16.1 Å². The third-order valence-electron chi connectivity index (χ3n) is 3.61. The molecule has 0 aliphatic carbocycles. The van der Waals surface area contributed by atoms with E-state index in [9.17, 15) is 14.7 Å². The van der Waals surface area contributed by atoms with Crippen molar-refractivity contribution in [2.24, 2.45) is 0 Å². The Bertz CT molecular complexity index is 505.